The molecule has 1 saturated heterocycles. The number of nitrogens with zero attached hydrogens (tertiary/aromatic N) is 1. The SMILES string of the molecule is CNC(=O)NC(=O)CN1CCCC(CCC(=O)O)C1. The molecule has 1 aliphatic heterocycles. The maximum absolute atomic E-state index is 11.5. The molecule has 1 heterocycles. The fourth-order valence-corrected chi connectivity index (χ4v) is 2.29. The van der Waals surface area contributed by atoms with Crippen LogP contribution in [0.25, 0.3) is 0 Å². The molecule has 0 aromatic carbocycles. The number of carboxylic acid groups (broad SMARTS) is 1. The van der Waals surface area contributed by atoms with E-state index in [1.165, 1.54) is 7.05 Å². The van der Waals surface area contributed by atoms with Gasteiger partial charge in [-0.2, -0.15) is 0 Å². The third-order valence-electron chi connectivity index (χ3n) is 3.22. The van der Waals surface area contributed by atoms with Crippen LogP contribution in [0, 0.1) is 5.92 Å². The number of carbonyl (C=O) groups excluding carboxylic acids is 2. The zero-order valence-electron chi connectivity index (χ0n) is 11.1. The van der Waals surface area contributed by atoms with Crippen molar-refractivity contribution in [1.29, 1.82) is 0 Å². The molecule has 0 aliphatic carbocycles. The lowest BCUT2D eigenvalue weighted by Crippen LogP contribution is -2.46. The van der Waals surface area contributed by atoms with Gasteiger partial charge in [0.1, 0.15) is 0 Å². The molecule has 0 radical (unpaired) electrons. The van der Waals surface area contributed by atoms with Crippen molar-refractivity contribution in [2.24, 2.45) is 5.92 Å². The largest absolute Gasteiger partial charge is 0.481 e. The summed E-state index contributed by atoms with van der Waals surface area (Å²) in [5.74, 6) is -0.801. The minimum Gasteiger partial charge on any atom is -0.481 e. The molecule has 19 heavy (non-hydrogen) atoms. The Hall–Kier alpha value is -1.63. The van der Waals surface area contributed by atoms with E-state index in [0.717, 1.165) is 19.4 Å². The summed E-state index contributed by atoms with van der Waals surface area (Å²) < 4.78 is 0. The molecule has 1 unspecified atom stereocenters. The number of hydrogen-bond donors (Lipinski definition) is 3. The second kappa shape index (κ2) is 7.73. The molecule has 0 bridgehead atoms. The van der Waals surface area contributed by atoms with Crippen molar-refractivity contribution in [1.82, 2.24) is 15.5 Å². The fraction of sp³-hybridized carbons (Fsp3) is 0.750. The number of urea groups is 1. The Bertz CT molecular complexity index is 346. The molecule has 7 nitrogen and oxygen atoms in total. The molecule has 0 spiro atoms. The van der Waals surface area contributed by atoms with Crippen LogP contribution in [0.1, 0.15) is 25.7 Å². The molecule has 0 aromatic heterocycles. The monoisotopic (exact) mass is 271 g/mol. The molecular weight excluding hydrogens is 250 g/mol. The highest BCUT2D eigenvalue weighted by Gasteiger charge is 2.22. The van der Waals surface area contributed by atoms with E-state index in [4.69, 9.17) is 5.11 Å². The van der Waals surface area contributed by atoms with Gasteiger partial charge in [0.2, 0.25) is 5.91 Å². The van der Waals surface area contributed by atoms with E-state index in [2.05, 4.69) is 10.6 Å². The van der Waals surface area contributed by atoms with Gasteiger partial charge in [0.25, 0.3) is 0 Å². The zero-order chi connectivity index (χ0) is 14.3. The Morgan fingerprint density at radius 1 is 1.37 bits per heavy atom. The van der Waals surface area contributed by atoms with E-state index in [1.807, 2.05) is 4.90 Å². The molecule has 0 saturated carbocycles. The summed E-state index contributed by atoms with van der Waals surface area (Å²) in [5.41, 5.74) is 0. The van der Waals surface area contributed by atoms with Gasteiger partial charge in [-0.15, -0.1) is 0 Å². The molecule has 3 N–H and O–H groups in total. The van der Waals surface area contributed by atoms with Crippen LogP contribution in [0.3, 0.4) is 0 Å². The van der Waals surface area contributed by atoms with Crippen molar-refractivity contribution < 1.29 is 19.5 Å². The number of imide groups is 1. The highest BCUT2D eigenvalue weighted by Crippen LogP contribution is 2.20. The van der Waals surface area contributed by atoms with Crippen LogP contribution in [-0.4, -0.2) is 54.6 Å². The Kier molecular flexibility index (Phi) is 6.27. The van der Waals surface area contributed by atoms with Crippen LogP contribution in [0.2, 0.25) is 0 Å². The first kappa shape index (κ1) is 15.4. The smallest absolute Gasteiger partial charge is 0.321 e. The van der Waals surface area contributed by atoms with E-state index in [9.17, 15) is 14.4 Å². The van der Waals surface area contributed by atoms with Crippen LogP contribution < -0.4 is 10.6 Å². The van der Waals surface area contributed by atoms with Crippen molar-refractivity contribution in [3.8, 4) is 0 Å². The number of carbonyl (C=O) groups is 3. The molecule has 0 aromatic rings. The summed E-state index contributed by atoms with van der Waals surface area (Å²) in [5, 5.41) is 13.2. The van der Waals surface area contributed by atoms with Crippen molar-refractivity contribution in [3.63, 3.8) is 0 Å². The maximum atomic E-state index is 11.5. The van der Waals surface area contributed by atoms with Crippen LogP contribution in [0.15, 0.2) is 0 Å². The highest BCUT2D eigenvalue weighted by molar-refractivity contribution is 5.95. The van der Waals surface area contributed by atoms with E-state index >= 15 is 0 Å². The van der Waals surface area contributed by atoms with E-state index in [0.29, 0.717) is 18.9 Å². The van der Waals surface area contributed by atoms with Crippen molar-refractivity contribution in [2.75, 3.05) is 26.7 Å². The molecule has 3 amide bonds. The van der Waals surface area contributed by atoms with Gasteiger partial charge in [0.05, 0.1) is 6.54 Å². The van der Waals surface area contributed by atoms with E-state index in [1.54, 1.807) is 0 Å². The topological polar surface area (TPSA) is 98.7 Å². The minimum atomic E-state index is -0.783. The number of rotatable bonds is 5. The van der Waals surface area contributed by atoms with Gasteiger partial charge in [0.15, 0.2) is 0 Å². The van der Waals surface area contributed by atoms with Gasteiger partial charge in [-0.3, -0.25) is 19.8 Å². The van der Waals surface area contributed by atoms with Gasteiger partial charge in [0, 0.05) is 20.0 Å². The summed E-state index contributed by atoms with van der Waals surface area (Å²) >= 11 is 0. The molecule has 7 heteroatoms. The minimum absolute atomic E-state index is 0.170. The third-order valence-corrected chi connectivity index (χ3v) is 3.22. The van der Waals surface area contributed by atoms with Crippen LogP contribution in [0.4, 0.5) is 4.79 Å². The predicted octanol–water partition coefficient (Wildman–Crippen LogP) is 0.0188. The Balaban J connectivity index is 2.32. The lowest BCUT2D eigenvalue weighted by Gasteiger charge is -2.31. The molecular formula is C12H21N3O4. The highest BCUT2D eigenvalue weighted by atomic mass is 16.4. The number of aliphatic carboxylic acids is 1. The van der Waals surface area contributed by atoms with Crippen LogP contribution in [0.5, 0.6) is 0 Å². The second-order valence-electron chi connectivity index (χ2n) is 4.80. The Morgan fingerprint density at radius 2 is 2.11 bits per heavy atom. The zero-order valence-corrected chi connectivity index (χ0v) is 11.1. The number of hydrogen-bond acceptors (Lipinski definition) is 4. The molecule has 108 valence electrons. The van der Waals surface area contributed by atoms with Crippen molar-refractivity contribution in [3.05, 3.63) is 0 Å². The second-order valence-corrected chi connectivity index (χ2v) is 4.80. The summed E-state index contributed by atoms with van der Waals surface area (Å²) in [6.45, 7) is 1.70. The van der Waals surface area contributed by atoms with Gasteiger partial charge in [-0.1, -0.05) is 0 Å². The first-order valence-electron chi connectivity index (χ1n) is 6.47. The van der Waals surface area contributed by atoms with Gasteiger partial charge < -0.3 is 10.4 Å². The van der Waals surface area contributed by atoms with Gasteiger partial charge >= 0.3 is 12.0 Å². The lowest BCUT2D eigenvalue weighted by atomic mass is 9.93. The Labute approximate surface area is 112 Å². The summed E-state index contributed by atoms with van der Waals surface area (Å²) in [4.78, 5) is 35.0. The van der Waals surface area contributed by atoms with Gasteiger partial charge in [-0.05, 0) is 31.7 Å². The van der Waals surface area contributed by atoms with Crippen LogP contribution >= 0.6 is 0 Å². The normalized spacial score (nSPS) is 19.7. The first-order valence-corrected chi connectivity index (χ1v) is 6.47. The number of likely N-dealkylation sites (tertiary alicyclic amines) is 1. The molecule has 1 atom stereocenters. The van der Waals surface area contributed by atoms with E-state index < -0.39 is 12.0 Å². The Morgan fingerprint density at radius 3 is 2.74 bits per heavy atom. The summed E-state index contributed by atoms with van der Waals surface area (Å²) in [6, 6.07) is -0.510. The predicted molar refractivity (Wildman–Crippen MR) is 68.6 cm³/mol. The fourth-order valence-electron chi connectivity index (χ4n) is 2.29. The number of carboxylic acids is 1. The average molecular weight is 271 g/mol. The number of piperidine rings is 1. The molecule has 1 aliphatic rings. The quantitative estimate of drug-likeness (QED) is 0.654. The maximum Gasteiger partial charge on any atom is 0.321 e. The molecule has 1 rings (SSSR count). The number of amides is 3. The first-order chi connectivity index (χ1) is 9.01. The standard InChI is InChI=1S/C12H21N3O4/c1-13-12(19)14-10(16)8-15-6-2-3-9(7-15)4-5-11(17)18/h9H,2-8H2,1H3,(H,17,18)(H2,13,14,16,19). The summed E-state index contributed by atoms with van der Waals surface area (Å²) in [7, 11) is 1.45. The van der Waals surface area contributed by atoms with Crippen molar-refractivity contribution in [2.45, 2.75) is 25.7 Å². The van der Waals surface area contributed by atoms with Crippen molar-refractivity contribution >= 4 is 17.9 Å². The van der Waals surface area contributed by atoms with Crippen LogP contribution in [-0.2, 0) is 9.59 Å². The van der Waals surface area contributed by atoms with Gasteiger partial charge in [-0.25, -0.2) is 4.79 Å². The molecule has 1 fully saturated rings. The van der Waals surface area contributed by atoms with E-state index in [-0.39, 0.29) is 18.9 Å². The average Bonchev–Trinajstić information content (AvgIpc) is 2.36. The number of nitrogens with one attached hydrogen (secondary N) is 2. The summed E-state index contributed by atoms with van der Waals surface area (Å²) in [6.07, 6.45) is 2.77. The third kappa shape index (κ3) is 6.19. The lowest BCUT2D eigenvalue weighted by molar-refractivity contribution is -0.137.